The van der Waals surface area contributed by atoms with Crippen molar-refractivity contribution < 1.29 is 14.2 Å². The number of benzene rings is 3. The second-order valence-electron chi connectivity index (χ2n) is 7.61. The molecule has 0 fully saturated rings. The number of hydrogen-bond acceptors (Lipinski definition) is 4. The summed E-state index contributed by atoms with van der Waals surface area (Å²) in [7, 11) is 3.38. The average molecular weight is 425 g/mol. The van der Waals surface area contributed by atoms with E-state index in [1.54, 1.807) is 14.2 Å². The lowest BCUT2D eigenvalue weighted by atomic mass is 10.0. The zero-order valence-electron chi connectivity index (χ0n) is 18.1. The minimum Gasteiger partial charge on any atom is -0.496 e. The monoisotopic (exact) mass is 424 g/mol. The fourth-order valence-corrected chi connectivity index (χ4v) is 4.13. The summed E-state index contributed by atoms with van der Waals surface area (Å²) >= 11 is 0. The van der Waals surface area contributed by atoms with E-state index in [1.165, 1.54) is 0 Å². The first-order chi connectivity index (χ1) is 15.8. The van der Waals surface area contributed by atoms with E-state index in [1.807, 2.05) is 54.7 Å². The van der Waals surface area contributed by atoms with Crippen molar-refractivity contribution in [3.8, 4) is 22.8 Å². The van der Waals surface area contributed by atoms with Crippen molar-refractivity contribution in [2.75, 3.05) is 14.2 Å². The summed E-state index contributed by atoms with van der Waals surface area (Å²) in [5.74, 6) is 1.60. The van der Waals surface area contributed by atoms with Gasteiger partial charge in [-0.1, -0.05) is 42.5 Å². The normalized spacial score (nSPS) is 11.2. The molecule has 5 heteroatoms. The van der Waals surface area contributed by atoms with E-state index in [-0.39, 0.29) is 0 Å². The van der Waals surface area contributed by atoms with Crippen molar-refractivity contribution in [1.29, 1.82) is 0 Å². The Bertz CT molecular complexity index is 1380. The molecule has 0 unspecified atom stereocenters. The number of aromatic nitrogens is 2. The van der Waals surface area contributed by atoms with Crippen LogP contribution in [0.15, 0.2) is 79.0 Å². The van der Waals surface area contributed by atoms with E-state index in [0.29, 0.717) is 13.2 Å². The van der Waals surface area contributed by atoms with Crippen LogP contribution in [-0.2, 0) is 18.0 Å². The summed E-state index contributed by atoms with van der Waals surface area (Å²) in [5, 5.41) is 2.17. The molecule has 32 heavy (non-hydrogen) atoms. The molecule has 0 amide bonds. The SMILES string of the molecule is COCc1c(-c2ccccc2OC)ncc2[nH]c3ccc(OCc4ccccc4)cc3c12. The molecule has 0 radical (unpaired) electrons. The highest BCUT2D eigenvalue weighted by atomic mass is 16.5. The van der Waals surface area contributed by atoms with Gasteiger partial charge in [-0.05, 0) is 35.9 Å². The number of H-pyrrole nitrogens is 1. The van der Waals surface area contributed by atoms with Gasteiger partial charge in [0.2, 0.25) is 0 Å². The molecule has 0 spiro atoms. The minimum absolute atomic E-state index is 0.430. The van der Waals surface area contributed by atoms with Gasteiger partial charge in [-0.15, -0.1) is 0 Å². The predicted octanol–water partition coefficient (Wildman–Crippen LogP) is 6.12. The van der Waals surface area contributed by atoms with Crippen LogP contribution in [0.1, 0.15) is 11.1 Å². The lowest BCUT2D eigenvalue weighted by Gasteiger charge is -2.13. The number of nitrogens with one attached hydrogen (secondary N) is 1. The third kappa shape index (κ3) is 3.67. The smallest absolute Gasteiger partial charge is 0.128 e. The van der Waals surface area contributed by atoms with Gasteiger partial charge in [0.05, 0.1) is 31.1 Å². The van der Waals surface area contributed by atoms with Crippen LogP contribution in [0.5, 0.6) is 11.5 Å². The Hall–Kier alpha value is -3.83. The molecule has 0 saturated heterocycles. The van der Waals surface area contributed by atoms with E-state index >= 15 is 0 Å². The van der Waals surface area contributed by atoms with Gasteiger partial charge < -0.3 is 19.2 Å². The van der Waals surface area contributed by atoms with Crippen molar-refractivity contribution in [2.24, 2.45) is 0 Å². The molecular formula is C27H24N2O3. The second-order valence-corrected chi connectivity index (χ2v) is 7.61. The Morgan fingerprint density at radius 2 is 1.66 bits per heavy atom. The summed E-state index contributed by atoms with van der Waals surface area (Å²) in [6, 6.07) is 24.2. The molecule has 0 bridgehead atoms. The molecule has 160 valence electrons. The van der Waals surface area contributed by atoms with E-state index in [4.69, 9.17) is 19.2 Å². The maximum atomic E-state index is 6.09. The van der Waals surface area contributed by atoms with Crippen molar-refractivity contribution in [2.45, 2.75) is 13.2 Å². The van der Waals surface area contributed by atoms with Crippen molar-refractivity contribution in [3.63, 3.8) is 0 Å². The fourth-order valence-electron chi connectivity index (χ4n) is 4.13. The number of nitrogens with zero attached hydrogens (tertiary/aromatic N) is 1. The molecule has 5 aromatic rings. The maximum Gasteiger partial charge on any atom is 0.128 e. The number of fused-ring (bicyclic) bond motifs is 3. The number of ether oxygens (including phenoxy) is 3. The van der Waals surface area contributed by atoms with Gasteiger partial charge in [0.1, 0.15) is 18.1 Å². The molecule has 1 N–H and O–H groups in total. The van der Waals surface area contributed by atoms with E-state index in [0.717, 1.165) is 55.7 Å². The minimum atomic E-state index is 0.430. The standard InChI is InChI=1S/C27H24N2O3/c1-30-17-22-26-21-14-19(32-16-18-8-4-3-5-9-18)12-13-23(21)29-24(26)15-28-27(22)20-10-6-7-11-25(20)31-2/h3-15,29H,16-17H2,1-2H3. The molecule has 0 aliphatic heterocycles. The van der Waals surface area contributed by atoms with Crippen LogP contribution in [0, 0.1) is 0 Å². The van der Waals surface area contributed by atoms with Gasteiger partial charge in [0.15, 0.2) is 0 Å². The van der Waals surface area contributed by atoms with E-state index in [9.17, 15) is 0 Å². The zero-order chi connectivity index (χ0) is 21.9. The van der Waals surface area contributed by atoms with Crippen molar-refractivity contribution >= 4 is 21.8 Å². The maximum absolute atomic E-state index is 6.09. The van der Waals surface area contributed by atoms with Gasteiger partial charge >= 0.3 is 0 Å². The third-order valence-electron chi connectivity index (χ3n) is 5.61. The lowest BCUT2D eigenvalue weighted by molar-refractivity contribution is 0.186. The lowest BCUT2D eigenvalue weighted by Crippen LogP contribution is -1.98. The van der Waals surface area contributed by atoms with Gasteiger partial charge in [0, 0.05) is 34.5 Å². The van der Waals surface area contributed by atoms with E-state index in [2.05, 4.69) is 29.2 Å². The highest BCUT2D eigenvalue weighted by Gasteiger charge is 2.18. The van der Waals surface area contributed by atoms with E-state index < -0.39 is 0 Å². The summed E-state index contributed by atoms with van der Waals surface area (Å²) in [4.78, 5) is 8.26. The molecule has 0 atom stereocenters. The molecule has 0 aliphatic carbocycles. The largest absolute Gasteiger partial charge is 0.496 e. The summed E-state index contributed by atoms with van der Waals surface area (Å²) < 4.78 is 17.3. The second kappa shape index (κ2) is 8.73. The van der Waals surface area contributed by atoms with Crippen LogP contribution in [0.3, 0.4) is 0 Å². The Labute approximate surface area is 186 Å². The molecule has 5 nitrogen and oxygen atoms in total. The number of methoxy groups -OCH3 is 2. The highest BCUT2D eigenvalue weighted by molar-refractivity contribution is 6.10. The van der Waals surface area contributed by atoms with Crippen LogP contribution < -0.4 is 9.47 Å². The Kier molecular flexibility index (Phi) is 5.48. The Morgan fingerprint density at radius 3 is 2.47 bits per heavy atom. The van der Waals surface area contributed by atoms with Crippen molar-refractivity contribution in [3.05, 3.63) is 90.1 Å². The van der Waals surface area contributed by atoms with Crippen LogP contribution in [0.25, 0.3) is 33.1 Å². The quantitative estimate of drug-likeness (QED) is 0.342. The van der Waals surface area contributed by atoms with Crippen LogP contribution in [0.2, 0.25) is 0 Å². The number of aromatic amines is 1. The Balaban J connectivity index is 1.64. The van der Waals surface area contributed by atoms with Crippen LogP contribution >= 0.6 is 0 Å². The summed E-state index contributed by atoms with van der Waals surface area (Å²) in [5.41, 5.74) is 5.94. The first-order valence-electron chi connectivity index (χ1n) is 10.5. The predicted molar refractivity (Wildman–Crippen MR) is 127 cm³/mol. The molecule has 0 aliphatic rings. The van der Waals surface area contributed by atoms with Gasteiger partial charge in [-0.25, -0.2) is 0 Å². The Morgan fingerprint density at radius 1 is 0.844 bits per heavy atom. The molecule has 0 saturated carbocycles. The molecule has 2 heterocycles. The first kappa shape index (κ1) is 20.1. The highest BCUT2D eigenvalue weighted by Crippen LogP contribution is 2.38. The van der Waals surface area contributed by atoms with Crippen molar-refractivity contribution in [1.82, 2.24) is 9.97 Å². The topological polar surface area (TPSA) is 56.4 Å². The number of rotatable bonds is 7. The first-order valence-corrected chi connectivity index (χ1v) is 10.5. The van der Waals surface area contributed by atoms with Gasteiger partial charge in [-0.3, -0.25) is 4.98 Å². The number of hydrogen-bond donors (Lipinski definition) is 1. The molecule has 5 rings (SSSR count). The number of pyridine rings is 1. The van der Waals surface area contributed by atoms with Gasteiger partial charge in [0.25, 0.3) is 0 Å². The zero-order valence-corrected chi connectivity index (χ0v) is 18.1. The van der Waals surface area contributed by atoms with Crippen LogP contribution in [0.4, 0.5) is 0 Å². The van der Waals surface area contributed by atoms with Crippen LogP contribution in [-0.4, -0.2) is 24.2 Å². The third-order valence-corrected chi connectivity index (χ3v) is 5.61. The summed E-state index contributed by atoms with van der Waals surface area (Å²) in [6.45, 7) is 0.952. The van der Waals surface area contributed by atoms with Gasteiger partial charge in [-0.2, -0.15) is 0 Å². The molecular weight excluding hydrogens is 400 g/mol. The average Bonchev–Trinajstić information content (AvgIpc) is 3.22. The summed E-state index contributed by atoms with van der Waals surface area (Å²) in [6.07, 6.45) is 1.88. The molecule has 2 aromatic heterocycles. The molecule has 3 aromatic carbocycles. The number of para-hydroxylation sites is 1. The fraction of sp³-hybridized carbons (Fsp3) is 0.148.